The number of alkyl halides is 1. The van der Waals surface area contributed by atoms with E-state index in [1.165, 1.54) is 22.8 Å². The number of imidazole rings is 1. The first kappa shape index (κ1) is 14.0. The fraction of sp³-hybridized carbons (Fsp3) is 0.188. The van der Waals surface area contributed by atoms with Gasteiger partial charge in [-0.1, -0.05) is 12.1 Å². The van der Waals surface area contributed by atoms with Crippen molar-refractivity contribution in [3.05, 3.63) is 59.4 Å². The minimum atomic E-state index is -0.619. The fourth-order valence-electron chi connectivity index (χ4n) is 2.44. The van der Waals surface area contributed by atoms with Crippen LogP contribution in [-0.2, 0) is 6.42 Å². The van der Waals surface area contributed by atoms with Crippen molar-refractivity contribution < 1.29 is 8.78 Å². The van der Waals surface area contributed by atoms with Gasteiger partial charge in [-0.3, -0.25) is 4.57 Å². The van der Waals surface area contributed by atoms with Gasteiger partial charge in [0, 0.05) is 12.3 Å². The van der Waals surface area contributed by atoms with Gasteiger partial charge in [0.1, 0.15) is 23.1 Å². The first-order valence-electron chi connectivity index (χ1n) is 6.60. The summed E-state index contributed by atoms with van der Waals surface area (Å²) in [6, 6.07) is 9.46. The van der Waals surface area contributed by atoms with E-state index in [1.54, 1.807) is 0 Å². The summed E-state index contributed by atoms with van der Waals surface area (Å²) in [7, 11) is 0. The lowest BCUT2D eigenvalue weighted by molar-refractivity contribution is 0.568. The van der Waals surface area contributed by atoms with Crippen LogP contribution in [-0.4, -0.2) is 15.4 Å². The molecule has 3 aromatic rings. The Morgan fingerprint density at radius 3 is 2.52 bits per heavy atom. The molecule has 0 saturated carbocycles. The number of nitrogens with zero attached hydrogens (tertiary/aromatic N) is 2. The van der Waals surface area contributed by atoms with Gasteiger partial charge in [-0.05, 0) is 36.8 Å². The van der Waals surface area contributed by atoms with Crippen LogP contribution in [0, 0.1) is 18.6 Å². The highest BCUT2D eigenvalue weighted by atomic mass is 35.5. The number of hydrogen-bond donors (Lipinski definition) is 0. The molecule has 0 spiro atoms. The average molecular weight is 307 g/mol. The van der Waals surface area contributed by atoms with E-state index in [0.717, 1.165) is 5.56 Å². The SMILES string of the molecule is Cc1ccc2nc(CCCl)n(-c3c(F)cccc3F)c2c1. The summed E-state index contributed by atoms with van der Waals surface area (Å²) < 4.78 is 29.8. The van der Waals surface area contributed by atoms with Crippen LogP contribution in [0.5, 0.6) is 0 Å². The molecule has 0 aliphatic carbocycles. The lowest BCUT2D eigenvalue weighted by Crippen LogP contribution is -2.07. The summed E-state index contributed by atoms with van der Waals surface area (Å²) in [6.07, 6.45) is 0.434. The Labute approximate surface area is 126 Å². The highest BCUT2D eigenvalue weighted by molar-refractivity contribution is 6.17. The van der Waals surface area contributed by atoms with Crippen LogP contribution in [0.4, 0.5) is 8.78 Å². The quantitative estimate of drug-likeness (QED) is 0.656. The maximum atomic E-state index is 14.1. The molecule has 0 radical (unpaired) electrons. The number of rotatable bonds is 3. The van der Waals surface area contributed by atoms with E-state index in [0.29, 0.717) is 29.2 Å². The van der Waals surface area contributed by atoms with E-state index in [2.05, 4.69) is 4.98 Å². The molecular weight excluding hydrogens is 294 g/mol. The molecular formula is C16H13ClF2N2. The summed E-state index contributed by atoms with van der Waals surface area (Å²) in [5.41, 5.74) is 2.27. The predicted molar refractivity (Wildman–Crippen MR) is 80.1 cm³/mol. The number of para-hydroxylation sites is 1. The van der Waals surface area contributed by atoms with Crippen molar-refractivity contribution in [1.29, 1.82) is 0 Å². The number of aromatic nitrogens is 2. The first-order chi connectivity index (χ1) is 10.1. The van der Waals surface area contributed by atoms with Gasteiger partial charge >= 0.3 is 0 Å². The summed E-state index contributed by atoms with van der Waals surface area (Å²) in [5.74, 6) is -0.355. The molecule has 2 nitrogen and oxygen atoms in total. The molecule has 1 heterocycles. The molecule has 0 saturated heterocycles. The van der Waals surface area contributed by atoms with E-state index in [1.807, 2.05) is 25.1 Å². The van der Waals surface area contributed by atoms with Crippen LogP contribution in [0.3, 0.4) is 0 Å². The molecule has 3 rings (SSSR count). The third-order valence-corrected chi connectivity index (χ3v) is 3.55. The first-order valence-corrected chi connectivity index (χ1v) is 7.13. The Morgan fingerprint density at radius 2 is 1.86 bits per heavy atom. The minimum absolute atomic E-state index is 0.106. The molecule has 108 valence electrons. The highest BCUT2D eigenvalue weighted by Crippen LogP contribution is 2.26. The zero-order valence-electron chi connectivity index (χ0n) is 11.4. The summed E-state index contributed by atoms with van der Waals surface area (Å²) >= 11 is 5.79. The number of benzene rings is 2. The molecule has 0 unspecified atom stereocenters. The van der Waals surface area contributed by atoms with Gasteiger partial charge in [0.2, 0.25) is 0 Å². The van der Waals surface area contributed by atoms with Gasteiger partial charge in [0.25, 0.3) is 0 Å². The maximum absolute atomic E-state index is 14.1. The zero-order chi connectivity index (χ0) is 15.0. The van der Waals surface area contributed by atoms with Crippen LogP contribution in [0.2, 0.25) is 0 Å². The molecule has 0 aliphatic rings. The minimum Gasteiger partial charge on any atom is -0.291 e. The molecule has 0 aliphatic heterocycles. The standard InChI is InChI=1S/C16H13ClF2N2/c1-10-5-6-13-14(9-10)21(15(20-13)7-8-17)16-11(18)3-2-4-12(16)19/h2-6,9H,7-8H2,1H3. The largest absolute Gasteiger partial charge is 0.291 e. The van der Waals surface area contributed by atoms with Gasteiger partial charge < -0.3 is 0 Å². The normalized spacial score (nSPS) is 11.2. The van der Waals surface area contributed by atoms with Gasteiger partial charge in [-0.25, -0.2) is 13.8 Å². The lowest BCUT2D eigenvalue weighted by Gasteiger charge is -2.11. The van der Waals surface area contributed by atoms with Crippen LogP contribution < -0.4 is 0 Å². The predicted octanol–water partition coefficient (Wildman–Crippen LogP) is 4.39. The monoisotopic (exact) mass is 306 g/mol. The third kappa shape index (κ3) is 2.40. The van der Waals surface area contributed by atoms with Crippen molar-refractivity contribution in [2.45, 2.75) is 13.3 Å². The second kappa shape index (κ2) is 5.45. The van der Waals surface area contributed by atoms with Crippen LogP contribution in [0.15, 0.2) is 36.4 Å². The lowest BCUT2D eigenvalue weighted by atomic mass is 10.2. The second-order valence-electron chi connectivity index (χ2n) is 4.86. The molecule has 21 heavy (non-hydrogen) atoms. The van der Waals surface area contributed by atoms with E-state index in [9.17, 15) is 8.78 Å². The summed E-state index contributed by atoms with van der Waals surface area (Å²) in [4.78, 5) is 4.45. The van der Waals surface area contributed by atoms with Gasteiger partial charge in [-0.15, -0.1) is 11.6 Å². The van der Waals surface area contributed by atoms with Crippen molar-refractivity contribution in [2.24, 2.45) is 0 Å². The summed E-state index contributed by atoms with van der Waals surface area (Å²) in [6.45, 7) is 1.93. The Hall–Kier alpha value is -1.94. The van der Waals surface area contributed by atoms with Crippen molar-refractivity contribution in [2.75, 3.05) is 5.88 Å². The van der Waals surface area contributed by atoms with Crippen molar-refractivity contribution in [3.63, 3.8) is 0 Å². The van der Waals surface area contributed by atoms with E-state index < -0.39 is 11.6 Å². The van der Waals surface area contributed by atoms with E-state index in [-0.39, 0.29) is 5.69 Å². The van der Waals surface area contributed by atoms with Gasteiger partial charge in [0.15, 0.2) is 0 Å². The molecule has 0 N–H and O–H groups in total. The van der Waals surface area contributed by atoms with E-state index in [4.69, 9.17) is 11.6 Å². The molecule has 0 atom stereocenters. The van der Waals surface area contributed by atoms with Gasteiger partial charge in [0.05, 0.1) is 11.0 Å². The highest BCUT2D eigenvalue weighted by Gasteiger charge is 2.18. The molecule has 0 bridgehead atoms. The molecule has 2 aromatic carbocycles. The number of hydrogen-bond acceptors (Lipinski definition) is 1. The Kier molecular flexibility index (Phi) is 3.64. The number of fused-ring (bicyclic) bond motifs is 1. The number of aryl methyl sites for hydroxylation is 2. The Bertz CT molecular complexity index is 791. The second-order valence-corrected chi connectivity index (χ2v) is 5.24. The van der Waals surface area contributed by atoms with Gasteiger partial charge in [-0.2, -0.15) is 0 Å². The smallest absolute Gasteiger partial charge is 0.150 e. The van der Waals surface area contributed by atoms with Crippen LogP contribution >= 0.6 is 11.6 Å². The van der Waals surface area contributed by atoms with Crippen LogP contribution in [0.1, 0.15) is 11.4 Å². The van der Waals surface area contributed by atoms with Crippen molar-refractivity contribution >= 4 is 22.6 Å². The molecule has 1 aromatic heterocycles. The average Bonchev–Trinajstić information content (AvgIpc) is 2.77. The Morgan fingerprint density at radius 1 is 1.14 bits per heavy atom. The number of halogens is 3. The molecule has 0 fully saturated rings. The zero-order valence-corrected chi connectivity index (χ0v) is 12.2. The summed E-state index contributed by atoms with van der Waals surface area (Å²) in [5, 5.41) is 0. The molecule has 5 heteroatoms. The fourth-order valence-corrected chi connectivity index (χ4v) is 2.61. The topological polar surface area (TPSA) is 17.8 Å². The van der Waals surface area contributed by atoms with Crippen molar-refractivity contribution in [3.8, 4) is 5.69 Å². The van der Waals surface area contributed by atoms with E-state index >= 15 is 0 Å². The molecule has 0 amide bonds. The van der Waals surface area contributed by atoms with Crippen LogP contribution in [0.25, 0.3) is 16.7 Å². The van der Waals surface area contributed by atoms with Crippen molar-refractivity contribution in [1.82, 2.24) is 9.55 Å². The third-order valence-electron chi connectivity index (χ3n) is 3.36. The maximum Gasteiger partial charge on any atom is 0.150 e. The Balaban J connectivity index is 2.38.